The Hall–Kier alpha value is -3.27. The summed E-state index contributed by atoms with van der Waals surface area (Å²) >= 11 is 0. The first kappa shape index (κ1) is 62.7. The number of aliphatic carboxylic acids is 1. The van der Waals surface area contributed by atoms with Gasteiger partial charge in [-0.15, -0.1) is 0 Å². The van der Waals surface area contributed by atoms with Gasteiger partial charge in [0.15, 0.2) is 6.10 Å². The molecule has 0 spiro atoms. The fraction of sp³-hybridized carbons (Fsp3) is 0.737. The third kappa shape index (κ3) is 48.7. The summed E-state index contributed by atoms with van der Waals surface area (Å²) in [5.41, 5.74) is 0. The van der Waals surface area contributed by atoms with Crippen molar-refractivity contribution in [2.75, 3.05) is 47.5 Å². The second kappa shape index (κ2) is 48.2. The Labute approximate surface area is 405 Å². The zero-order valence-electron chi connectivity index (χ0n) is 43.1. The Bertz CT molecular complexity index is 1310. The summed E-state index contributed by atoms with van der Waals surface area (Å²) in [6.07, 6.45) is 58.3. The van der Waals surface area contributed by atoms with Crippen LogP contribution in [-0.4, -0.2) is 87.4 Å². The minimum atomic E-state index is -1.51. The fourth-order valence-electron chi connectivity index (χ4n) is 7.08. The molecule has 66 heavy (non-hydrogen) atoms. The van der Waals surface area contributed by atoms with Crippen LogP contribution in [0.2, 0.25) is 0 Å². The van der Waals surface area contributed by atoms with Crippen LogP contribution in [0.15, 0.2) is 72.9 Å². The molecule has 0 radical (unpaired) electrons. The molecule has 0 aromatic heterocycles. The summed E-state index contributed by atoms with van der Waals surface area (Å²) in [7, 11) is 5.95. The van der Waals surface area contributed by atoms with Gasteiger partial charge in [-0.1, -0.05) is 196 Å². The second-order valence-electron chi connectivity index (χ2n) is 18.8. The van der Waals surface area contributed by atoms with Gasteiger partial charge in [0.1, 0.15) is 13.2 Å². The number of carbonyl (C=O) groups excluding carboxylic acids is 2. The molecule has 0 bridgehead atoms. The van der Waals surface area contributed by atoms with Crippen LogP contribution >= 0.6 is 0 Å². The van der Waals surface area contributed by atoms with Crippen LogP contribution in [0.25, 0.3) is 0 Å². The van der Waals surface area contributed by atoms with Crippen molar-refractivity contribution in [2.24, 2.45) is 0 Å². The van der Waals surface area contributed by atoms with E-state index in [2.05, 4.69) is 86.8 Å². The molecule has 9 nitrogen and oxygen atoms in total. The van der Waals surface area contributed by atoms with Crippen molar-refractivity contribution in [1.29, 1.82) is 0 Å². The lowest BCUT2D eigenvalue weighted by Crippen LogP contribution is -2.40. The van der Waals surface area contributed by atoms with Crippen molar-refractivity contribution >= 4 is 17.9 Å². The van der Waals surface area contributed by atoms with E-state index in [9.17, 15) is 19.5 Å². The van der Waals surface area contributed by atoms with Crippen molar-refractivity contribution < 1.29 is 42.9 Å². The molecule has 0 aliphatic heterocycles. The van der Waals surface area contributed by atoms with Crippen LogP contribution < -0.4 is 0 Å². The molecule has 0 fully saturated rings. The molecule has 0 saturated heterocycles. The molecule has 0 aromatic carbocycles. The van der Waals surface area contributed by atoms with E-state index in [4.69, 9.17) is 18.9 Å². The largest absolute Gasteiger partial charge is 0.477 e. The van der Waals surface area contributed by atoms with Gasteiger partial charge in [-0.2, -0.15) is 0 Å². The SMILES string of the molecule is CC/C=C\C/C=C\C/C=C\C/C=C\CCCCCCCCCCCCCCCCC(=O)OC(COC(=O)CCCCCCC/C=C\C/C=C\CCCC)COC(OCC[N+](C)(C)C)C(=O)O. The number of carbonyl (C=O) groups is 3. The van der Waals surface area contributed by atoms with E-state index in [1.165, 1.54) is 89.9 Å². The molecular weight excluding hydrogens is 827 g/mol. The molecule has 0 amide bonds. The minimum absolute atomic E-state index is 0.183. The van der Waals surface area contributed by atoms with Gasteiger partial charge in [-0.05, 0) is 77.0 Å². The summed E-state index contributed by atoms with van der Waals surface area (Å²) in [6.45, 7) is 4.70. The number of rotatable bonds is 48. The number of carboxylic acid groups (broad SMARTS) is 1. The maximum atomic E-state index is 12.8. The number of hydrogen-bond acceptors (Lipinski definition) is 7. The van der Waals surface area contributed by atoms with E-state index >= 15 is 0 Å². The van der Waals surface area contributed by atoms with Crippen LogP contribution in [0.4, 0.5) is 0 Å². The summed E-state index contributed by atoms with van der Waals surface area (Å²) in [5, 5.41) is 9.67. The van der Waals surface area contributed by atoms with Gasteiger partial charge < -0.3 is 28.5 Å². The number of nitrogens with zero attached hydrogens (tertiary/aromatic N) is 1. The molecular formula is C57H100NO8+. The molecule has 2 atom stereocenters. The lowest BCUT2D eigenvalue weighted by molar-refractivity contribution is -0.870. The fourth-order valence-corrected chi connectivity index (χ4v) is 7.08. The van der Waals surface area contributed by atoms with Gasteiger partial charge >= 0.3 is 17.9 Å². The standard InChI is InChI=1S/C57H99NO8/c1-6-8-10-12-14-16-18-20-22-23-24-25-26-27-28-29-30-31-32-33-34-36-38-40-42-44-46-48-55(60)66-53(52-65-57(56(61)62)63-50-49-58(3,4)5)51-64-54(59)47-45-43-41-39-37-35-21-19-17-15-13-11-9-7-2/h8,10,13-16,19-22,24-25,53,57H,6-7,9,11-12,17-18,23,26-52H2,1-5H3/p+1/b10-8-,15-13-,16-14-,21-19-,22-20-,25-24-. The Morgan fingerprint density at radius 1 is 0.470 bits per heavy atom. The minimum Gasteiger partial charge on any atom is -0.477 e. The van der Waals surface area contributed by atoms with Crippen molar-refractivity contribution in [1.82, 2.24) is 0 Å². The monoisotopic (exact) mass is 927 g/mol. The number of ether oxygens (including phenoxy) is 4. The normalized spacial score (nSPS) is 13.4. The number of allylic oxidation sites excluding steroid dienone is 12. The van der Waals surface area contributed by atoms with Gasteiger partial charge in [0, 0.05) is 12.8 Å². The topological polar surface area (TPSA) is 108 Å². The molecule has 0 saturated carbocycles. The van der Waals surface area contributed by atoms with Gasteiger partial charge in [-0.3, -0.25) is 9.59 Å². The Morgan fingerprint density at radius 2 is 0.864 bits per heavy atom. The van der Waals surface area contributed by atoms with Crippen LogP contribution in [0.5, 0.6) is 0 Å². The van der Waals surface area contributed by atoms with E-state index < -0.39 is 24.3 Å². The molecule has 0 aromatic rings. The lowest BCUT2D eigenvalue weighted by atomic mass is 10.0. The second-order valence-corrected chi connectivity index (χ2v) is 18.8. The molecule has 380 valence electrons. The van der Waals surface area contributed by atoms with Crippen molar-refractivity contribution in [3.8, 4) is 0 Å². The van der Waals surface area contributed by atoms with Crippen molar-refractivity contribution in [3.05, 3.63) is 72.9 Å². The molecule has 0 aliphatic rings. The van der Waals surface area contributed by atoms with E-state index in [1.807, 2.05) is 21.1 Å². The smallest absolute Gasteiger partial charge is 0.361 e. The van der Waals surface area contributed by atoms with E-state index in [0.29, 0.717) is 17.4 Å². The van der Waals surface area contributed by atoms with Gasteiger partial charge in [0.25, 0.3) is 6.29 Å². The first-order valence-electron chi connectivity index (χ1n) is 26.6. The number of likely N-dealkylation sites (N-methyl/N-ethyl adjacent to an activating group) is 1. The highest BCUT2D eigenvalue weighted by Crippen LogP contribution is 2.15. The number of quaternary nitrogens is 1. The first-order valence-corrected chi connectivity index (χ1v) is 26.6. The highest BCUT2D eigenvalue weighted by Gasteiger charge is 2.25. The summed E-state index contributed by atoms with van der Waals surface area (Å²) in [6, 6.07) is 0. The van der Waals surface area contributed by atoms with Crippen LogP contribution in [0.3, 0.4) is 0 Å². The van der Waals surface area contributed by atoms with E-state index in [-0.39, 0.29) is 38.6 Å². The van der Waals surface area contributed by atoms with E-state index in [1.54, 1.807) is 0 Å². The number of hydrogen-bond donors (Lipinski definition) is 1. The quantitative estimate of drug-likeness (QED) is 0.0211. The van der Waals surface area contributed by atoms with Crippen LogP contribution in [0, 0.1) is 0 Å². The van der Waals surface area contributed by atoms with Gasteiger partial charge in [0.05, 0.1) is 34.4 Å². The highest BCUT2D eigenvalue weighted by atomic mass is 16.7. The van der Waals surface area contributed by atoms with Crippen LogP contribution in [-0.2, 0) is 33.3 Å². The Balaban J connectivity index is 4.25. The maximum absolute atomic E-state index is 12.8. The van der Waals surface area contributed by atoms with E-state index in [0.717, 1.165) is 89.9 Å². The third-order valence-electron chi connectivity index (χ3n) is 11.2. The molecule has 9 heteroatoms. The number of esters is 2. The molecule has 0 aliphatic carbocycles. The zero-order chi connectivity index (χ0) is 48.4. The summed E-state index contributed by atoms with van der Waals surface area (Å²) in [5.74, 6) is -2.03. The number of carboxylic acids is 1. The lowest BCUT2D eigenvalue weighted by Gasteiger charge is -2.25. The Morgan fingerprint density at radius 3 is 1.29 bits per heavy atom. The van der Waals surface area contributed by atoms with Crippen molar-refractivity contribution in [2.45, 2.75) is 225 Å². The molecule has 2 unspecified atom stereocenters. The summed E-state index contributed by atoms with van der Waals surface area (Å²) in [4.78, 5) is 37.3. The first-order chi connectivity index (χ1) is 32.1. The van der Waals surface area contributed by atoms with Crippen LogP contribution in [0.1, 0.15) is 213 Å². The van der Waals surface area contributed by atoms with Crippen molar-refractivity contribution in [3.63, 3.8) is 0 Å². The zero-order valence-corrected chi connectivity index (χ0v) is 43.1. The molecule has 1 N–H and O–H groups in total. The Kier molecular flexibility index (Phi) is 45.8. The summed E-state index contributed by atoms with van der Waals surface area (Å²) < 4.78 is 22.8. The predicted molar refractivity (Wildman–Crippen MR) is 276 cm³/mol. The molecule has 0 rings (SSSR count). The molecule has 0 heterocycles. The average Bonchev–Trinajstić information content (AvgIpc) is 3.28. The third-order valence-corrected chi connectivity index (χ3v) is 11.2. The van der Waals surface area contributed by atoms with Gasteiger partial charge in [-0.25, -0.2) is 4.79 Å². The van der Waals surface area contributed by atoms with Gasteiger partial charge in [0.2, 0.25) is 0 Å². The highest BCUT2D eigenvalue weighted by molar-refractivity contribution is 5.71. The maximum Gasteiger partial charge on any atom is 0.361 e. The number of unbranched alkanes of at least 4 members (excludes halogenated alkanes) is 21. The average molecular weight is 927 g/mol. The predicted octanol–water partition coefficient (Wildman–Crippen LogP) is 15.1.